The van der Waals surface area contributed by atoms with Gasteiger partial charge in [0.25, 0.3) is 5.91 Å². The second kappa shape index (κ2) is 7.62. The Balaban J connectivity index is 1.96. The standard InChI is InChI=1S/C19H24FN3OS/c1-3-13-5-4-10-23(16(13)11-21)19(24)17-18(25-12(2)22-17)14-6-8-15(20)9-7-14/h6-9,13,16H,3-5,10-11,21H2,1-2H3/t13-,16-/m0/s1. The van der Waals surface area contributed by atoms with Crippen LogP contribution in [-0.4, -0.2) is 34.9 Å². The van der Waals surface area contributed by atoms with Crippen molar-refractivity contribution in [3.05, 3.63) is 40.8 Å². The quantitative estimate of drug-likeness (QED) is 0.900. The van der Waals surface area contributed by atoms with Crippen molar-refractivity contribution < 1.29 is 9.18 Å². The topological polar surface area (TPSA) is 59.2 Å². The molecule has 0 aliphatic carbocycles. The van der Waals surface area contributed by atoms with Gasteiger partial charge in [-0.3, -0.25) is 4.79 Å². The Hall–Kier alpha value is -1.79. The molecule has 134 valence electrons. The SMILES string of the molecule is CC[C@H]1CCCN(C(=O)c2nc(C)sc2-c2ccc(F)cc2)[C@H]1CN. The molecule has 0 unspecified atom stereocenters. The van der Waals surface area contributed by atoms with Crippen LogP contribution in [0.4, 0.5) is 4.39 Å². The Morgan fingerprint density at radius 3 is 2.76 bits per heavy atom. The van der Waals surface area contributed by atoms with Gasteiger partial charge in [-0.1, -0.05) is 25.5 Å². The van der Waals surface area contributed by atoms with Gasteiger partial charge in [-0.2, -0.15) is 0 Å². The largest absolute Gasteiger partial charge is 0.333 e. The average molecular weight is 361 g/mol. The Morgan fingerprint density at radius 1 is 1.40 bits per heavy atom. The zero-order chi connectivity index (χ0) is 18.0. The van der Waals surface area contributed by atoms with Gasteiger partial charge in [-0.25, -0.2) is 9.37 Å². The van der Waals surface area contributed by atoms with Crippen LogP contribution in [0.25, 0.3) is 10.4 Å². The molecule has 25 heavy (non-hydrogen) atoms. The number of aromatic nitrogens is 1. The molecule has 6 heteroatoms. The maximum Gasteiger partial charge on any atom is 0.274 e. The van der Waals surface area contributed by atoms with Crippen molar-refractivity contribution in [1.29, 1.82) is 0 Å². The molecule has 1 aromatic carbocycles. The maximum absolute atomic E-state index is 13.2. The van der Waals surface area contributed by atoms with Gasteiger partial charge in [0, 0.05) is 19.1 Å². The first-order chi connectivity index (χ1) is 12.0. The zero-order valence-corrected chi connectivity index (χ0v) is 15.5. The number of hydrogen-bond donors (Lipinski definition) is 1. The molecule has 2 heterocycles. The van der Waals surface area contributed by atoms with Crippen molar-refractivity contribution in [2.24, 2.45) is 11.7 Å². The lowest BCUT2D eigenvalue weighted by molar-refractivity contribution is 0.0501. The van der Waals surface area contributed by atoms with Crippen molar-refractivity contribution in [3.8, 4) is 10.4 Å². The lowest BCUT2D eigenvalue weighted by atomic mass is 9.87. The van der Waals surface area contributed by atoms with Gasteiger partial charge in [-0.05, 0) is 43.4 Å². The fraction of sp³-hybridized carbons (Fsp3) is 0.474. The summed E-state index contributed by atoms with van der Waals surface area (Å²) in [4.78, 5) is 20.4. The number of amides is 1. The van der Waals surface area contributed by atoms with Gasteiger partial charge < -0.3 is 10.6 Å². The fourth-order valence-corrected chi connectivity index (χ4v) is 4.61. The van der Waals surface area contributed by atoms with E-state index in [1.54, 1.807) is 12.1 Å². The fourth-order valence-electron chi connectivity index (χ4n) is 3.69. The molecule has 0 saturated carbocycles. The third kappa shape index (κ3) is 3.60. The van der Waals surface area contributed by atoms with Crippen LogP contribution in [0.3, 0.4) is 0 Å². The summed E-state index contributed by atoms with van der Waals surface area (Å²) >= 11 is 1.47. The molecule has 1 amide bonds. The number of nitrogens with zero attached hydrogens (tertiary/aromatic N) is 2. The van der Waals surface area contributed by atoms with E-state index in [1.165, 1.54) is 23.5 Å². The predicted octanol–water partition coefficient (Wildman–Crippen LogP) is 3.85. The summed E-state index contributed by atoms with van der Waals surface area (Å²) in [6.07, 6.45) is 3.13. The minimum absolute atomic E-state index is 0.0581. The van der Waals surface area contributed by atoms with Crippen molar-refractivity contribution in [2.75, 3.05) is 13.1 Å². The number of carbonyl (C=O) groups is 1. The molecule has 2 N–H and O–H groups in total. The minimum Gasteiger partial charge on any atom is -0.333 e. The summed E-state index contributed by atoms with van der Waals surface area (Å²) < 4.78 is 13.2. The molecule has 1 aromatic heterocycles. The molecular formula is C19H24FN3OS. The molecule has 3 rings (SSSR count). The summed E-state index contributed by atoms with van der Waals surface area (Å²) in [6, 6.07) is 6.29. The van der Waals surface area contributed by atoms with Crippen LogP contribution < -0.4 is 5.73 Å². The summed E-state index contributed by atoms with van der Waals surface area (Å²) in [5.41, 5.74) is 7.28. The number of likely N-dealkylation sites (tertiary alicyclic amines) is 1. The number of thiazole rings is 1. The molecular weight excluding hydrogens is 337 g/mol. The van der Waals surface area contributed by atoms with E-state index in [-0.39, 0.29) is 17.8 Å². The van der Waals surface area contributed by atoms with E-state index in [9.17, 15) is 9.18 Å². The van der Waals surface area contributed by atoms with E-state index >= 15 is 0 Å². The number of aryl methyl sites for hydroxylation is 1. The van der Waals surface area contributed by atoms with E-state index in [1.807, 2.05) is 11.8 Å². The number of hydrogen-bond acceptors (Lipinski definition) is 4. The summed E-state index contributed by atoms with van der Waals surface area (Å²) in [7, 11) is 0. The number of nitrogens with two attached hydrogens (primary N) is 1. The van der Waals surface area contributed by atoms with Gasteiger partial charge in [0.2, 0.25) is 0 Å². The molecule has 1 saturated heterocycles. The minimum atomic E-state index is -0.289. The highest BCUT2D eigenvalue weighted by Gasteiger charge is 2.34. The number of benzene rings is 1. The molecule has 2 atom stereocenters. The molecule has 0 radical (unpaired) electrons. The van der Waals surface area contributed by atoms with Gasteiger partial charge in [0.15, 0.2) is 0 Å². The summed E-state index contributed by atoms with van der Waals surface area (Å²) in [6.45, 7) is 5.23. The Bertz CT molecular complexity index is 744. The molecule has 1 aliphatic heterocycles. The van der Waals surface area contributed by atoms with E-state index in [4.69, 9.17) is 5.73 Å². The highest BCUT2D eigenvalue weighted by atomic mass is 32.1. The van der Waals surface area contributed by atoms with Crippen LogP contribution in [0.2, 0.25) is 0 Å². The van der Waals surface area contributed by atoms with Crippen molar-refractivity contribution in [1.82, 2.24) is 9.88 Å². The molecule has 0 bridgehead atoms. The smallest absolute Gasteiger partial charge is 0.274 e. The Labute approximate surface area is 151 Å². The van der Waals surface area contributed by atoms with Crippen LogP contribution in [0.5, 0.6) is 0 Å². The molecule has 1 fully saturated rings. The molecule has 1 aliphatic rings. The van der Waals surface area contributed by atoms with Gasteiger partial charge in [-0.15, -0.1) is 11.3 Å². The number of rotatable bonds is 4. The van der Waals surface area contributed by atoms with Crippen LogP contribution in [0.1, 0.15) is 41.7 Å². The second-order valence-electron chi connectivity index (χ2n) is 6.53. The molecule has 4 nitrogen and oxygen atoms in total. The summed E-state index contributed by atoms with van der Waals surface area (Å²) in [5, 5.41) is 0.830. The van der Waals surface area contributed by atoms with Crippen LogP contribution in [0, 0.1) is 18.7 Å². The number of piperidine rings is 1. The van der Waals surface area contributed by atoms with Gasteiger partial charge in [0.05, 0.1) is 9.88 Å². The van der Waals surface area contributed by atoms with E-state index in [0.29, 0.717) is 18.2 Å². The van der Waals surface area contributed by atoms with E-state index in [0.717, 1.165) is 41.3 Å². The number of carbonyl (C=O) groups excluding carboxylic acids is 1. The highest BCUT2D eigenvalue weighted by Crippen LogP contribution is 2.33. The maximum atomic E-state index is 13.2. The Kier molecular flexibility index (Phi) is 5.49. The summed E-state index contributed by atoms with van der Waals surface area (Å²) in [5.74, 6) is 0.0943. The molecule has 0 spiro atoms. The third-order valence-electron chi connectivity index (χ3n) is 4.99. The highest BCUT2D eigenvalue weighted by molar-refractivity contribution is 7.15. The zero-order valence-electron chi connectivity index (χ0n) is 14.7. The Morgan fingerprint density at radius 2 is 2.12 bits per heavy atom. The van der Waals surface area contributed by atoms with Gasteiger partial charge in [0.1, 0.15) is 11.5 Å². The number of halogens is 1. The van der Waals surface area contributed by atoms with Crippen LogP contribution in [-0.2, 0) is 0 Å². The van der Waals surface area contributed by atoms with Crippen LogP contribution >= 0.6 is 11.3 Å². The van der Waals surface area contributed by atoms with Crippen molar-refractivity contribution >= 4 is 17.2 Å². The first-order valence-corrected chi connectivity index (χ1v) is 9.61. The predicted molar refractivity (Wildman–Crippen MR) is 99.1 cm³/mol. The normalized spacial score (nSPS) is 20.7. The van der Waals surface area contributed by atoms with E-state index < -0.39 is 0 Å². The van der Waals surface area contributed by atoms with Crippen LogP contribution in [0.15, 0.2) is 24.3 Å². The van der Waals surface area contributed by atoms with Gasteiger partial charge >= 0.3 is 0 Å². The lowest BCUT2D eigenvalue weighted by Crippen LogP contribution is -2.52. The lowest BCUT2D eigenvalue weighted by Gasteiger charge is -2.40. The third-order valence-corrected chi connectivity index (χ3v) is 6.01. The molecule has 2 aromatic rings. The average Bonchev–Trinajstić information content (AvgIpc) is 3.02. The second-order valence-corrected chi connectivity index (χ2v) is 7.73. The van der Waals surface area contributed by atoms with Crippen molar-refractivity contribution in [3.63, 3.8) is 0 Å². The monoisotopic (exact) mass is 361 g/mol. The van der Waals surface area contributed by atoms with Crippen molar-refractivity contribution in [2.45, 2.75) is 39.2 Å². The van der Waals surface area contributed by atoms with E-state index in [2.05, 4.69) is 11.9 Å². The first-order valence-electron chi connectivity index (χ1n) is 8.79. The first kappa shape index (κ1) is 18.0.